The largest absolute Gasteiger partial charge is 0.379 e. The lowest BCUT2D eigenvalue weighted by Crippen LogP contribution is -2.15. The van der Waals surface area contributed by atoms with Crippen LogP contribution in [0.15, 0.2) is 10.9 Å². The van der Waals surface area contributed by atoms with Gasteiger partial charge in [-0.25, -0.2) is 4.98 Å². The Morgan fingerprint density at radius 1 is 1.54 bits per heavy atom. The summed E-state index contributed by atoms with van der Waals surface area (Å²) in [5.41, 5.74) is 2.19. The van der Waals surface area contributed by atoms with Crippen LogP contribution in [0.5, 0.6) is 0 Å². The van der Waals surface area contributed by atoms with Gasteiger partial charge in [0.2, 0.25) is 0 Å². The third-order valence-corrected chi connectivity index (χ3v) is 1.79. The van der Waals surface area contributed by atoms with E-state index in [2.05, 4.69) is 4.98 Å². The number of methoxy groups -OCH3 is 1. The van der Waals surface area contributed by atoms with Crippen molar-refractivity contribution in [3.63, 3.8) is 0 Å². The summed E-state index contributed by atoms with van der Waals surface area (Å²) in [6.45, 7) is 6.06. The summed E-state index contributed by atoms with van der Waals surface area (Å²) in [5.74, 6) is 0. The third-order valence-electron chi connectivity index (χ3n) is 1.18. The minimum Gasteiger partial charge on any atom is -0.379 e. The predicted molar refractivity (Wildman–Crippen MR) is 54.3 cm³/mol. The highest BCUT2D eigenvalue weighted by Gasteiger charge is 2.03. The highest BCUT2D eigenvalue weighted by molar-refractivity contribution is 7.07. The Morgan fingerprint density at radius 3 is 2.23 bits per heavy atom. The Morgan fingerprint density at radius 2 is 2.08 bits per heavy atom. The smallest absolute Gasteiger partial charge is 0.169 e. The summed E-state index contributed by atoms with van der Waals surface area (Å²) in [6, 6.07) is 0. The van der Waals surface area contributed by atoms with Crippen molar-refractivity contribution in [2.24, 2.45) is 0 Å². The second kappa shape index (κ2) is 5.83. The van der Waals surface area contributed by atoms with Gasteiger partial charge in [-0.15, -0.1) is 11.3 Å². The van der Waals surface area contributed by atoms with E-state index in [1.807, 2.05) is 20.8 Å². The molecule has 0 radical (unpaired) electrons. The molecule has 0 amide bonds. The van der Waals surface area contributed by atoms with Crippen molar-refractivity contribution in [1.29, 1.82) is 0 Å². The first-order valence-electron chi connectivity index (χ1n) is 3.88. The molecule has 1 heterocycles. The van der Waals surface area contributed by atoms with Crippen LogP contribution in [0.2, 0.25) is 0 Å². The van der Waals surface area contributed by atoms with Crippen LogP contribution >= 0.6 is 11.3 Å². The average molecular weight is 201 g/mol. The Hall–Kier alpha value is -0.740. The number of carbonyl (C=O) groups is 1. The van der Waals surface area contributed by atoms with Crippen molar-refractivity contribution < 1.29 is 9.53 Å². The summed E-state index contributed by atoms with van der Waals surface area (Å²) in [7, 11) is 1.71. The van der Waals surface area contributed by atoms with E-state index in [9.17, 15) is 4.79 Å². The molecule has 0 fully saturated rings. The average Bonchev–Trinajstić information content (AvgIpc) is 2.56. The van der Waals surface area contributed by atoms with Gasteiger partial charge in [-0.2, -0.15) is 0 Å². The summed E-state index contributed by atoms with van der Waals surface area (Å²) in [5, 5.41) is 1.70. The van der Waals surface area contributed by atoms with Crippen LogP contribution in [-0.2, 0) is 4.74 Å². The molecule has 3 nitrogen and oxygen atoms in total. The number of rotatable bonds is 1. The normalized spacial score (nSPS) is 10.2. The molecule has 0 atom stereocenters. The SMILES string of the molecule is COC(C)(C)C.O=Cc1cscn1. The lowest BCUT2D eigenvalue weighted by Gasteiger charge is -2.14. The molecule has 0 aliphatic rings. The van der Waals surface area contributed by atoms with Crippen molar-refractivity contribution in [2.75, 3.05) is 7.11 Å². The zero-order valence-corrected chi connectivity index (χ0v) is 9.22. The Bertz CT molecular complexity index is 226. The molecule has 1 aromatic heterocycles. The highest BCUT2D eigenvalue weighted by atomic mass is 32.1. The molecule has 13 heavy (non-hydrogen) atoms. The van der Waals surface area contributed by atoms with Crippen LogP contribution in [0.1, 0.15) is 31.3 Å². The van der Waals surface area contributed by atoms with Crippen molar-refractivity contribution in [3.8, 4) is 0 Å². The summed E-state index contributed by atoms with van der Waals surface area (Å²) < 4.78 is 4.94. The number of hydrogen-bond acceptors (Lipinski definition) is 4. The number of aromatic nitrogens is 1. The van der Waals surface area contributed by atoms with Gasteiger partial charge in [-0.3, -0.25) is 4.79 Å². The molecule has 0 bridgehead atoms. The van der Waals surface area contributed by atoms with E-state index in [1.165, 1.54) is 11.3 Å². The standard InChI is InChI=1S/C5H12O.C4H3NOS/c1-5(2,3)6-4;6-1-4-2-7-3-5-4/h1-4H3;1-3H. The summed E-state index contributed by atoms with van der Waals surface area (Å²) >= 11 is 1.42. The van der Waals surface area contributed by atoms with E-state index < -0.39 is 0 Å². The Labute approximate surface area is 82.8 Å². The second-order valence-electron chi connectivity index (χ2n) is 3.35. The lowest BCUT2D eigenvalue weighted by atomic mass is 10.2. The van der Waals surface area contributed by atoms with Crippen LogP contribution in [0.25, 0.3) is 0 Å². The highest BCUT2D eigenvalue weighted by Crippen LogP contribution is 2.02. The fraction of sp³-hybridized carbons (Fsp3) is 0.556. The zero-order valence-electron chi connectivity index (χ0n) is 8.40. The first-order valence-corrected chi connectivity index (χ1v) is 4.82. The molecule has 4 heteroatoms. The van der Waals surface area contributed by atoms with Gasteiger partial charge in [0.1, 0.15) is 5.69 Å². The van der Waals surface area contributed by atoms with E-state index in [-0.39, 0.29) is 5.60 Å². The van der Waals surface area contributed by atoms with Crippen molar-refractivity contribution in [1.82, 2.24) is 4.98 Å². The monoisotopic (exact) mass is 201 g/mol. The van der Waals surface area contributed by atoms with Crippen LogP contribution in [-0.4, -0.2) is 24.0 Å². The van der Waals surface area contributed by atoms with E-state index >= 15 is 0 Å². The first kappa shape index (κ1) is 12.3. The van der Waals surface area contributed by atoms with Gasteiger partial charge in [0.25, 0.3) is 0 Å². The van der Waals surface area contributed by atoms with Crippen LogP contribution in [0.4, 0.5) is 0 Å². The second-order valence-corrected chi connectivity index (χ2v) is 4.07. The molecule has 0 aliphatic heterocycles. The van der Waals surface area contributed by atoms with Crippen LogP contribution < -0.4 is 0 Å². The van der Waals surface area contributed by atoms with Crippen molar-refractivity contribution in [3.05, 3.63) is 16.6 Å². The minimum atomic E-state index is 0.0417. The van der Waals surface area contributed by atoms with E-state index in [1.54, 1.807) is 18.0 Å². The number of thiazole rings is 1. The molecule has 1 rings (SSSR count). The quantitative estimate of drug-likeness (QED) is 0.655. The zero-order chi connectivity index (χ0) is 10.3. The van der Waals surface area contributed by atoms with Gasteiger partial charge >= 0.3 is 0 Å². The maximum atomic E-state index is 9.81. The molecule has 0 saturated carbocycles. The first-order chi connectivity index (χ1) is 5.99. The van der Waals surface area contributed by atoms with Gasteiger partial charge in [0, 0.05) is 12.5 Å². The molecule has 0 N–H and O–H groups in total. The predicted octanol–water partition coefficient (Wildman–Crippen LogP) is 2.39. The molecule has 0 aliphatic carbocycles. The van der Waals surface area contributed by atoms with Crippen molar-refractivity contribution in [2.45, 2.75) is 26.4 Å². The lowest BCUT2D eigenvalue weighted by molar-refractivity contribution is 0.0397. The Kier molecular flexibility index (Phi) is 5.50. The molecule has 0 aromatic carbocycles. The minimum absolute atomic E-state index is 0.0417. The maximum Gasteiger partial charge on any atom is 0.169 e. The van der Waals surface area contributed by atoms with Gasteiger partial charge in [0.15, 0.2) is 6.29 Å². The van der Waals surface area contributed by atoms with E-state index in [0.717, 1.165) is 6.29 Å². The van der Waals surface area contributed by atoms with Crippen molar-refractivity contribution >= 4 is 17.6 Å². The third kappa shape index (κ3) is 7.62. The molecular weight excluding hydrogens is 186 g/mol. The molecule has 0 spiro atoms. The fourth-order valence-electron chi connectivity index (χ4n) is 0.280. The number of carbonyl (C=O) groups excluding carboxylic acids is 1. The number of hydrogen-bond donors (Lipinski definition) is 0. The van der Waals surface area contributed by atoms with E-state index in [0.29, 0.717) is 5.69 Å². The summed E-state index contributed by atoms with van der Waals surface area (Å²) in [6.07, 6.45) is 0.733. The topological polar surface area (TPSA) is 39.2 Å². The number of ether oxygens (including phenoxy) is 1. The van der Waals surface area contributed by atoms with Gasteiger partial charge < -0.3 is 4.74 Å². The maximum absolute atomic E-state index is 9.81. The number of nitrogens with zero attached hydrogens (tertiary/aromatic N) is 1. The molecular formula is C9H15NO2S. The molecule has 0 saturated heterocycles. The molecule has 0 unspecified atom stereocenters. The van der Waals surface area contributed by atoms with Crippen LogP contribution in [0.3, 0.4) is 0 Å². The molecule has 74 valence electrons. The van der Waals surface area contributed by atoms with Crippen LogP contribution in [0, 0.1) is 0 Å². The van der Waals surface area contributed by atoms with Gasteiger partial charge in [0.05, 0.1) is 11.1 Å². The number of aldehydes is 1. The fourth-order valence-corrected chi connectivity index (χ4v) is 0.779. The summed E-state index contributed by atoms with van der Waals surface area (Å²) in [4.78, 5) is 13.5. The van der Waals surface area contributed by atoms with E-state index in [4.69, 9.17) is 4.74 Å². The Balaban J connectivity index is 0.000000226. The van der Waals surface area contributed by atoms with Gasteiger partial charge in [-0.05, 0) is 20.8 Å². The van der Waals surface area contributed by atoms with Gasteiger partial charge in [-0.1, -0.05) is 0 Å². The molecule has 1 aromatic rings.